The topological polar surface area (TPSA) is 117 Å². The Morgan fingerprint density at radius 3 is 2.54 bits per heavy atom. The lowest BCUT2D eigenvalue weighted by atomic mass is 10.0. The maximum Gasteiger partial charge on any atom is 0.265 e. The molecule has 37 heavy (non-hydrogen) atoms. The van der Waals surface area contributed by atoms with Crippen molar-refractivity contribution in [2.45, 2.75) is 30.7 Å². The number of carbonyl (C=O) groups excluding carboxylic acids is 1. The van der Waals surface area contributed by atoms with Crippen molar-refractivity contribution in [1.82, 2.24) is 15.0 Å². The minimum atomic E-state index is -4.83. The molecule has 192 valence electrons. The van der Waals surface area contributed by atoms with Gasteiger partial charge in [0.25, 0.3) is 10.0 Å². The van der Waals surface area contributed by atoms with Crippen LogP contribution in [-0.2, 0) is 10.0 Å². The number of anilines is 2. The highest BCUT2D eigenvalue weighted by atomic mass is 32.2. The molecule has 13 heteroatoms. The number of H-pyrrole nitrogens is 1. The lowest BCUT2D eigenvalue weighted by Gasteiger charge is -2.15. The zero-order chi connectivity index (χ0) is 26.5. The number of carbonyl (C=O) groups is 1. The molecule has 0 unspecified atom stereocenters. The average Bonchev–Trinajstić information content (AvgIpc) is 3.61. The van der Waals surface area contributed by atoms with Crippen molar-refractivity contribution in [2.75, 3.05) is 10.0 Å². The highest BCUT2D eigenvalue weighted by Gasteiger charge is 2.31. The maximum absolute atomic E-state index is 15.4. The van der Waals surface area contributed by atoms with Crippen LogP contribution in [0.5, 0.6) is 0 Å². The number of hydrogen-bond donors (Lipinski definition) is 3. The van der Waals surface area contributed by atoms with Gasteiger partial charge in [0, 0.05) is 12.2 Å². The summed E-state index contributed by atoms with van der Waals surface area (Å²) in [6.45, 7) is 1.95. The van der Waals surface area contributed by atoms with Gasteiger partial charge in [-0.1, -0.05) is 0 Å². The Kier molecular flexibility index (Phi) is 6.10. The number of sulfonamides is 1. The molecule has 1 fully saturated rings. The molecule has 1 saturated carbocycles. The van der Waals surface area contributed by atoms with Gasteiger partial charge in [-0.25, -0.2) is 35.9 Å². The van der Waals surface area contributed by atoms with Crippen LogP contribution in [0.4, 0.5) is 29.1 Å². The van der Waals surface area contributed by atoms with E-state index in [2.05, 4.69) is 20.3 Å². The Morgan fingerprint density at radius 1 is 1.08 bits per heavy atom. The Labute approximate surface area is 208 Å². The van der Waals surface area contributed by atoms with E-state index < -0.39 is 55.2 Å². The third-order valence-corrected chi connectivity index (χ3v) is 7.53. The first-order valence-corrected chi connectivity index (χ1v) is 12.6. The molecule has 8 nitrogen and oxygen atoms in total. The van der Waals surface area contributed by atoms with Gasteiger partial charge < -0.3 is 10.3 Å². The van der Waals surface area contributed by atoms with Gasteiger partial charge in [0.1, 0.15) is 40.1 Å². The van der Waals surface area contributed by atoms with Gasteiger partial charge in [-0.15, -0.1) is 0 Å². The largest absolute Gasteiger partial charge is 0.367 e. The van der Waals surface area contributed by atoms with E-state index >= 15 is 4.39 Å². The summed E-state index contributed by atoms with van der Waals surface area (Å²) in [5, 5.41) is 3.43. The number of nitrogens with zero attached hydrogens (tertiary/aromatic N) is 2. The first-order chi connectivity index (χ1) is 17.6. The predicted octanol–water partition coefficient (Wildman–Crippen LogP) is 4.76. The molecule has 3 N–H and O–H groups in total. The van der Waals surface area contributed by atoms with Crippen molar-refractivity contribution >= 4 is 38.3 Å². The molecule has 2 aromatic carbocycles. The molecule has 2 aromatic heterocycles. The van der Waals surface area contributed by atoms with Gasteiger partial charge in [-0.2, -0.15) is 0 Å². The van der Waals surface area contributed by atoms with Crippen LogP contribution in [0.25, 0.3) is 11.0 Å². The van der Waals surface area contributed by atoms with Crippen molar-refractivity contribution in [3.8, 4) is 0 Å². The van der Waals surface area contributed by atoms with E-state index in [4.69, 9.17) is 0 Å². The van der Waals surface area contributed by atoms with Crippen molar-refractivity contribution in [1.29, 1.82) is 0 Å². The Balaban J connectivity index is 1.54. The smallest absolute Gasteiger partial charge is 0.265 e. The number of aromatic nitrogens is 3. The molecule has 1 atom stereocenters. The lowest BCUT2D eigenvalue weighted by Crippen LogP contribution is -2.19. The van der Waals surface area contributed by atoms with Gasteiger partial charge in [0.15, 0.2) is 5.82 Å². The summed E-state index contributed by atoms with van der Waals surface area (Å²) in [5.41, 5.74) is -1.77. The first kappa shape index (κ1) is 24.7. The van der Waals surface area contributed by atoms with Crippen LogP contribution < -0.4 is 10.0 Å². The van der Waals surface area contributed by atoms with Crippen molar-refractivity contribution in [2.24, 2.45) is 5.92 Å². The lowest BCUT2D eigenvalue weighted by molar-refractivity contribution is 0.103. The normalized spacial score (nSPS) is 14.5. The monoisotopic (exact) mass is 533 g/mol. The summed E-state index contributed by atoms with van der Waals surface area (Å²) in [6, 6.07) is 3.17. The molecule has 5 rings (SSSR count). The van der Waals surface area contributed by atoms with Crippen molar-refractivity contribution < 1.29 is 30.8 Å². The van der Waals surface area contributed by atoms with Crippen LogP contribution in [-0.4, -0.2) is 35.2 Å². The van der Waals surface area contributed by atoms with Gasteiger partial charge >= 0.3 is 0 Å². The van der Waals surface area contributed by atoms with E-state index in [0.717, 1.165) is 18.9 Å². The number of ketones is 1. The second-order valence-corrected chi connectivity index (χ2v) is 10.4. The minimum Gasteiger partial charge on any atom is -0.367 e. The van der Waals surface area contributed by atoms with Crippen LogP contribution in [0.15, 0.2) is 47.8 Å². The molecule has 0 amide bonds. The number of hydrogen-bond acceptors (Lipinski definition) is 6. The number of rotatable bonds is 8. The fraction of sp³-hybridized carbons (Fsp3) is 0.208. The third-order valence-electron chi connectivity index (χ3n) is 6.15. The number of nitrogens with one attached hydrogen (secondary N) is 3. The summed E-state index contributed by atoms with van der Waals surface area (Å²) < 4.78 is 84.7. The van der Waals surface area contributed by atoms with Crippen LogP contribution >= 0.6 is 0 Å². The molecular weight excluding hydrogens is 514 g/mol. The molecule has 0 radical (unpaired) electrons. The van der Waals surface area contributed by atoms with E-state index in [1.165, 1.54) is 12.5 Å². The summed E-state index contributed by atoms with van der Waals surface area (Å²) in [7, 11) is -4.83. The first-order valence-electron chi connectivity index (χ1n) is 11.2. The van der Waals surface area contributed by atoms with E-state index in [1.807, 2.05) is 6.92 Å². The predicted molar refractivity (Wildman–Crippen MR) is 127 cm³/mol. The van der Waals surface area contributed by atoms with Crippen LogP contribution in [0, 0.1) is 29.2 Å². The number of benzene rings is 2. The molecule has 0 bridgehead atoms. The van der Waals surface area contributed by atoms with E-state index in [-0.39, 0.29) is 22.6 Å². The number of fused-ring (bicyclic) bond motifs is 1. The van der Waals surface area contributed by atoms with Crippen LogP contribution in [0.1, 0.15) is 35.7 Å². The molecule has 0 spiro atoms. The summed E-state index contributed by atoms with van der Waals surface area (Å²) in [6.07, 6.45) is 4.59. The fourth-order valence-electron chi connectivity index (χ4n) is 4.04. The quantitative estimate of drug-likeness (QED) is 0.222. The number of aromatic amines is 1. The average molecular weight is 534 g/mol. The highest BCUT2D eigenvalue weighted by Crippen LogP contribution is 2.36. The molecule has 0 aliphatic heterocycles. The molecule has 0 saturated heterocycles. The number of halogens is 4. The van der Waals surface area contributed by atoms with Crippen LogP contribution in [0.3, 0.4) is 0 Å². The summed E-state index contributed by atoms with van der Waals surface area (Å²) >= 11 is 0. The van der Waals surface area contributed by atoms with Crippen molar-refractivity contribution in [3.05, 3.63) is 77.3 Å². The maximum atomic E-state index is 15.4. The minimum absolute atomic E-state index is 0.0328. The van der Waals surface area contributed by atoms with Gasteiger partial charge in [0.2, 0.25) is 5.78 Å². The Bertz CT molecular complexity index is 1650. The van der Waals surface area contributed by atoms with Gasteiger partial charge in [-0.3, -0.25) is 9.52 Å². The van der Waals surface area contributed by atoms with Gasteiger partial charge in [0.05, 0.1) is 22.2 Å². The highest BCUT2D eigenvalue weighted by molar-refractivity contribution is 7.92. The van der Waals surface area contributed by atoms with E-state index in [9.17, 15) is 26.4 Å². The Morgan fingerprint density at radius 2 is 1.81 bits per heavy atom. The second kappa shape index (κ2) is 9.14. The molecule has 1 aliphatic carbocycles. The van der Waals surface area contributed by atoms with E-state index in [1.54, 1.807) is 4.72 Å². The van der Waals surface area contributed by atoms with Crippen LogP contribution in [0.2, 0.25) is 0 Å². The van der Waals surface area contributed by atoms with Gasteiger partial charge in [-0.05, 0) is 56.0 Å². The fourth-order valence-corrected chi connectivity index (χ4v) is 5.19. The summed E-state index contributed by atoms with van der Waals surface area (Å²) in [4.78, 5) is 23.3. The Hall–Kier alpha value is -4.00. The SMILES string of the molecule is C[C@@H](Nc1ncnc2[nH]cc(C(=O)c3c(F)ccc(NS(=O)(=O)c4cc(F)ccc4F)c3F)c12)C1CC1. The zero-order valence-electron chi connectivity index (χ0n) is 19.1. The van der Waals surface area contributed by atoms with E-state index in [0.29, 0.717) is 36.0 Å². The molecule has 4 aromatic rings. The molecule has 2 heterocycles. The zero-order valence-corrected chi connectivity index (χ0v) is 20.0. The summed E-state index contributed by atoms with van der Waals surface area (Å²) in [5.74, 6) is -5.48. The third kappa shape index (κ3) is 4.61. The standard InChI is InChI=1S/C24H19F4N5O3S/c1-11(12-2-3-12)32-24-19-14(9-29-23(19)30-10-31-24)22(34)20-16(27)6-7-17(21(20)28)33-37(35,36)18-8-13(25)4-5-15(18)26/h4-12,33H,2-3H2,1H3,(H2,29,30,31,32)/t11-/m1/s1. The molecule has 1 aliphatic rings. The molecular formula is C24H19F4N5O3S. The van der Waals surface area contributed by atoms with Crippen molar-refractivity contribution in [3.63, 3.8) is 0 Å². The second-order valence-electron chi connectivity index (χ2n) is 8.71.